The van der Waals surface area contributed by atoms with E-state index in [9.17, 15) is 14.0 Å². The van der Waals surface area contributed by atoms with Crippen LogP contribution in [0.1, 0.15) is 20.8 Å². The maximum Gasteiger partial charge on any atom is 0.351 e. The van der Waals surface area contributed by atoms with E-state index < -0.39 is 16.9 Å². The van der Waals surface area contributed by atoms with Crippen LogP contribution in [-0.2, 0) is 11.3 Å². The van der Waals surface area contributed by atoms with Gasteiger partial charge in [0.25, 0.3) is 0 Å². The molecule has 186 valence electrons. The minimum Gasteiger partial charge on any atom is -0.350 e. The van der Waals surface area contributed by atoms with E-state index in [-0.39, 0.29) is 34.8 Å². The van der Waals surface area contributed by atoms with Gasteiger partial charge in [-0.25, -0.2) is 14.2 Å². The maximum absolute atomic E-state index is 14.7. The molecule has 1 amide bonds. The number of carbonyl (C=O) groups excluding carboxylic acids is 1. The molecule has 1 saturated heterocycles. The molecular weight excluding hydrogens is 481 g/mol. The number of hydrogen-bond acceptors (Lipinski definition) is 5. The summed E-state index contributed by atoms with van der Waals surface area (Å²) in [7, 11) is 0. The van der Waals surface area contributed by atoms with E-state index >= 15 is 0 Å². The van der Waals surface area contributed by atoms with E-state index in [1.165, 1.54) is 16.7 Å². The van der Waals surface area contributed by atoms with E-state index in [1.54, 1.807) is 29.2 Å². The van der Waals surface area contributed by atoms with E-state index in [1.807, 2.05) is 25.7 Å². The van der Waals surface area contributed by atoms with Gasteiger partial charge in [0.2, 0.25) is 5.91 Å². The summed E-state index contributed by atoms with van der Waals surface area (Å²) < 4.78 is 16.1. The van der Waals surface area contributed by atoms with Crippen LogP contribution in [0.2, 0.25) is 5.02 Å². The lowest BCUT2D eigenvalue weighted by atomic mass is 9.95. The lowest BCUT2D eigenvalue weighted by Gasteiger charge is -2.40. The van der Waals surface area contributed by atoms with Crippen molar-refractivity contribution in [3.63, 3.8) is 0 Å². The molecule has 9 heteroatoms. The normalized spacial score (nSPS) is 16.2. The van der Waals surface area contributed by atoms with Crippen molar-refractivity contribution >= 4 is 34.4 Å². The summed E-state index contributed by atoms with van der Waals surface area (Å²) in [6.45, 7) is 10.7. The van der Waals surface area contributed by atoms with Crippen LogP contribution in [0.4, 0.5) is 10.2 Å². The number of hydrogen-bond donors (Lipinski definition) is 0. The molecule has 3 heterocycles. The third-order valence-electron chi connectivity index (χ3n) is 6.34. The van der Waals surface area contributed by atoms with Crippen molar-refractivity contribution in [3.05, 3.63) is 64.3 Å². The van der Waals surface area contributed by atoms with Gasteiger partial charge in [0, 0.05) is 43.2 Å². The molecule has 1 fully saturated rings. The van der Waals surface area contributed by atoms with Gasteiger partial charge in [0.15, 0.2) is 0 Å². The predicted octanol–water partition coefficient (Wildman–Crippen LogP) is 4.13. The molecule has 1 aliphatic rings. The number of piperazine rings is 1. The first-order valence-electron chi connectivity index (χ1n) is 11.6. The summed E-state index contributed by atoms with van der Waals surface area (Å²) in [5.74, 6) is 2.49. The quantitative estimate of drug-likeness (QED) is 0.383. The zero-order chi connectivity index (χ0) is 26.2. The number of aromatic nitrogens is 3. The van der Waals surface area contributed by atoms with E-state index in [0.29, 0.717) is 36.5 Å². The third kappa shape index (κ3) is 4.71. The Morgan fingerprint density at radius 3 is 2.69 bits per heavy atom. The molecular formula is C27H27ClFN5O2. The Morgan fingerprint density at radius 2 is 2.06 bits per heavy atom. The van der Waals surface area contributed by atoms with Crippen molar-refractivity contribution in [3.8, 4) is 23.6 Å². The molecule has 0 aliphatic carbocycles. The maximum atomic E-state index is 14.7. The number of benzene rings is 1. The number of carbonyl (C=O) groups is 1. The SMILES string of the molecule is C#CC(C)(C)Cn1c(=O)nc(N2CCN(C(=O)C=C)CC2C)c2cc(Cl)c(-c3ccccc3F)nc21. The summed E-state index contributed by atoms with van der Waals surface area (Å²) in [4.78, 5) is 38.2. The van der Waals surface area contributed by atoms with Crippen LogP contribution in [0.5, 0.6) is 0 Å². The second-order valence-electron chi connectivity index (χ2n) is 9.53. The third-order valence-corrected chi connectivity index (χ3v) is 6.63. The number of halogens is 2. The minimum atomic E-state index is -0.663. The number of amides is 1. The largest absolute Gasteiger partial charge is 0.351 e. The Hall–Kier alpha value is -3.70. The van der Waals surface area contributed by atoms with E-state index in [4.69, 9.17) is 23.0 Å². The van der Waals surface area contributed by atoms with Gasteiger partial charge < -0.3 is 9.80 Å². The summed E-state index contributed by atoms with van der Waals surface area (Å²) >= 11 is 6.63. The first-order chi connectivity index (χ1) is 17.1. The topological polar surface area (TPSA) is 71.3 Å². The molecule has 7 nitrogen and oxygen atoms in total. The van der Waals surface area contributed by atoms with Gasteiger partial charge in [-0.05, 0) is 45.0 Å². The van der Waals surface area contributed by atoms with Gasteiger partial charge in [0.1, 0.15) is 17.3 Å². The summed E-state index contributed by atoms with van der Waals surface area (Å²) in [5.41, 5.74) is -0.424. The Kier molecular flexibility index (Phi) is 6.87. The molecule has 0 spiro atoms. The number of anilines is 1. The molecule has 1 atom stereocenters. The Labute approximate surface area is 214 Å². The standard InChI is InChI=1S/C27H27ClFN5O2/c1-6-22(35)32-12-13-33(17(3)15-32)25-19-14-20(28)23(18-10-8-9-11-21(18)29)30-24(19)34(26(36)31-25)16-27(4,5)7-2/h2,6,8-11,14,17H,1,12-13,15-16H2,3-5H3. The lowest BCUT2D eigenvalue weighted by Crippen LogP contribution is -2.54. The molecule has 2 aromatic heterocycles. The van der Waals surface area contributed by atoms with Crippen molar-refractivity contribution < 1.29 is 9.18 Å². The molecule has 1 aliphatic heterocycles. The fourth-order valence-corrected chi connectivity index (χ4v) is 4.65. The van der Waals surface area contributed by atoms with Crippen LogP contribution >= 0.6 is 11.6 Å². The summed E-state index contributed by atoms with van der Waals surface area (Å²) in [6, 6.07) is 7.72. The number of rotatable bonds is 5. The second kappa shape index (κ2) is 9.75. The van der Waals surface area contributed by atoms with Crippen LogP contribution in [0, 0.1) is 23.6 Å². The van der Waals surface area contributed by atoms with Crippen molar-refractivity contribution in [2.45, 2.75) is 33.4 Å². The number of pyridine rings is 1. The molecule has 0 bridgehead atoms. The first kappa shape index (κ1) is 25.4. The van der Waals surface area contributed by atoms with Crippen LogP contribution in [0.25, 0.3) is 22.3 Å². The molecule has 0 radical (unpaired) electrons. The van der Waals surface area contributed by atoms with E-state index in [0.717, 1.165) is 0 Å². The highest BCUT2D eigenvalue weighted by atomic mass is 35.5. The fourth-order valence-electron chi connectivity index (χ4n) is 4.40. The van der Waals surface area contributed by atoms with Gasteiger partial charge in [-0.2, -0.15) is 4.98 Å². The Morgan fingerprint density at radius 1 is 1.33 bits per heavy atom. The van der Waals surface area contributed by atoms with Gasteiger partial charge in [-0.15, -0.1) is 6.42 Å². The second-order valence-corrected chi connectivity index (χ2v) is 9.94. The van der Waals surface area contributed by atoms with Crippen molar-refractivity contribution in [1.29, 1.82) is 0 Å². The number of terminal acetylenes is 1. The Bertz CT molecular complexity index is 1460. The molecule has 3 aromatic rings. The summed E-state index contributed by atoms with van der Waals surface area (Å²) in [6.07, 6.45) is 6.99. The fraction of sp³-hybridized carbons (Fsp3) is 0.333. The smallest absolute Gasteiger partial charge is 0.350 e. The van der Waals surface area contributed by atoms with Gasteiger partial charge in [-0.3, -0.25) is 9.36 Å². The molecule has 1 unspecified atom stereocenters. The van der Waals surface area contributed by atoms with Crippen LogP contribution in [0.3, 0.4) is 0 Å². The zero-order valence-corrected chi connectivity index (χ0v) is 21.2. The van der Waals surface area contributed by atoms with Gasteiger partial charge in [-0.1, -0.05) is 36.2 Å². The van der Waals surface area contributed by atoms with Gasteiger partial charge >= 0.3 is 5.69 Å². The summed E-state index contributed by atoms with van der Waals surface area (Å²) in [5, 5.41) is 0.771. The highest BCUT2D eigenvalue weighted by Gasteiger charge is 2.30. The lowest BCUT2D eigenvalue weighted by molar-refractivity contribution is -0.126. The highest BCUT2D eigenvalue weighted by Crippen LogP contribution is 2.35. The molecule has 4 rings (SSSR count). The molecule has 36 heavy (non-hydrogen) atoms. The van der Waals surface area contributed by atoms with Crippen molar-refractivity contribution in [2.75, 3.05) is 24.5 Å². The minimum absolute atomic E-state index is 0.138. The zero-order valence-electron chi connectivity index (χ0n) is 20.5. The first-order valence-corrected chi connectivity index (χ1v) is 12.0. The molecule has 1 aromatic carbocycles. The van der Waals surface area contributed by atoms with Crippen LogP contribution < -0.4 is 10.6 Å². The molecule has 0 saturated carbocycles. The van der Waals surface area contributed by atoms with Crippen LogP contribution in [-0.4, -0.2) is 51.0 Å². The van der Waals surface area contributed by atoms with E-state index in [2.05, 4.69) is 17.5 Å². The monoisotopic (exact) mass is 507 g/mol. The highest BCUT2D eigenvalue weighted by molar-refractivity contribution is 6.33. The number of fused-ring (bicyclic) bond motifs is 1. The van der Waals surface area contributed by atoms with Crippen LogP contribution in [0.15, 0.2) is 47.8 Å². The Balaban J connectivity index is 1.93. The average molecular weight is 508 g/mol. The number of nitrogens with zero attached hydrogens (tertiary/aromatic N) is 5. The van der Waals surface area contributed by atoms with Crippen molar-refractivity contribution in [1.82, 2.24) is 19.4 Å². The van der Waals surface area contributed by atoms with Crippen molar-refractivity contribution in [2.24, 2.45) is 5.41 Å². The van der Waals surface area contributed by atoms with Gasteiger partial charge in [0.05, 0.1) is 16.1 Å². The average Bonchev–Trinajstić information content (AvgIpc) is 2.85. The predicted molar refractivity (Wildman–Crippen MR) is 140 cm³/mol. The molecule has 0 N–H and O–H groups in total.